The van der Waals surface area contributed by atoms with Gasteiger partial charge < -0.3 is 15.0 Å². The maximum Gasteiger partial charge on any atom is 0.416 e. The number of alkyl halides is 3. The van der Waals surface area contributed by atoms with Crippen molar-refractivity contribution in [3.05, 3.63) is 89.7 Å². The fraction of sp³-hybridized carbons (Fsp3) is 0.174. The zero-order chi connectivity index (χ0) is 23.1. The average Bonchev–Trinajstić information content (AvgIpc) is 2.78. The number of nitrogens with zero attached hydrogens (tertiary/aromatic N) is 2. The fourth-order valence-electron chi connectivity index (χ4n) is 2.84. The summed E-state index contributed by atoms with van der Waals surface area (Å²) in [6, 6.07) is 16.0. The third-order valence-electron chi connectivity index (χ3n) is 4.42. The fourth-order valence-corrected chi connectivity index (χ4v) is 2.84. The lowest BCUT2D eigenvalue weighted by Gasteiger charge is -2.17. The van der Waals surface area contributed by atoms with Gasteiger partial charge in [-0.3, -0.25) is 14.6 Å². The first kappa shape index (κ1) is 22.8. The Morgan fingerprint density at radius 1 is 1.03 bits per heavy atom. The number of halogens is 3. The van der Waals surface area contributed by atoms with E-state index in [1.807, 2.05) is 12.1 Å². The number of ether oxygens (including phenoxy) is 1. The molecule has 0 atom stereocenters. The van der Waals surface area contributed by atoms with Crippen LogP contribution in [0, 0.1) is 0 Å². The lowest BCUT2D eigenvalue weighted by molar-refractivity contribution is -0.137. The van der Waals surface area contributed by atoms with Gasteiger partial charge in [0.2, 0.25) is 0 Å². The molecule has 0 saturated heterocycles. The predicted octanol–water partition coefficient (Wildman–Crippen LogP) is 4.39. The minimum absolute atomic E-state index is 0.0188. The van der Waals surface area contributed by atoms with E-state index in [1.165, 1.54) is 17.0 Å². The Morgan fingerprint density at radius 3 is 2.44 bits per heavy atom. The van der Waals surface area contributed by atoms with E-state index in [9.17, 15) is 22.8 Å². The lowest BCUT2D eigenvalue weighted by atomic mass is 10.2. The number of rotatable bonds is 7. The van der Waals surface area contributed by atoms with Crippen LogP contribution in [0.2, 0.25) is 0 Å². The van der Waals surface area contributed by atoms with Crippen molar-refractivity contribution in [2.45, 2.75) is 12.7 Å². The van der Waals surface area contributed by atoms with Crippen LogP contribution in [-0.2, 0) is 17.5 Å². The summed E-state index contributed by atoms with van der Waals surface area (Å²) in [5.41, 5.74) is 0.356. The van der Waals surface area contributed by atoms with E-state index in [1.54, 1.807) is 43.6 Å². The molecular formula is C23H20F3N3O3. The number of amides is 2. The van der Waals surface area contributed by atoms with Crippen LogP contribution in [0.5, 0.6) is 5.75 Å². The molecule has 2 aromatic carbocycles. The predicted molar refractivity (Wildman–Crippen MR) is 112 cm³/mol. The number of nitrogens with one attached hydrogen (secondary N) is 1. The van der Waals surface area contributed by atoms with Gasteiger partial charge in [0.1, 0.15) is 5.75 Å². The van der Waals surface area contributed by atoms with E-state index in [-0.39, 0.29) is 11.6 Å². The van der Waals surface area contributed by atoms with Crippen molar-refractivity contribution in [3.8, 4) is 5.75 Å². The van der Waals surface area contributed by atoms with E-state index in [0.29, 0.717) is 17.9 Å². The molecule has 3 aromatic rings. The van der Waals surface area contributed by atoms with Gasteiger partial charge in [0, 0.05) is 24.5 Å². The van der Waals surface area contributed by atoms with Gasteiger partial charge in [-0.25, -0.2) is 0 Å². The van der Waals surface area contributed by atoms with Crippen LogP contribution in [0.3, 0.4) is 0 Å². The number of anilines is 1. The molecule has 0 aliphatic heterocycles. The molecule has 32 heavy (non-hydrogen) atoms. The third-order valence-corrected chi connectivity index (χ3v) is 4.42. The van der Waals surface area contributed by atoms with Crippen LogP contribution < -0.4 is 10.1 Å². The molecule has 0 aliphatic carbocycles. The molecule has 6 nitrogen and oxygen atoms in total. The highest BCUT2D eigenvalue weighted by Gasteiger charge is 2.30. The molecule has 0 bridgehead atoms. The van der Waals surface area contributed by atoms with Crippen molar-refractivity contribution in [3.63, 3.8) is 0 Å². The molecule has 2 amide bonds. The van der Waals surface area contributed by atoms with Crippen molar-refractivity contribution in [2.24, 2.45) is 0 Å². The van der Waals surface area contributed by atoms with Crippen molar-refractivity contribution in [1.29, 1.82) is 0 Å². The number of pyridine rings is 1. The molecule has 3 rings (SSSR count). The quantitative estimate of drug-likeness (QED) is 0.588. The smallest absolute Gasteiger partial charge is 0.416 e. The molecule has 0 saturated carbocycles. The summed E-state index contributed by atoms with van der Waals surface area (Å²) >= 11 is 0. The molecule has 166 valence electrons. The van der Waals surface area contributed by atoms with Gasteiger partial charge in [-0.2, -0.15) is 13.2 Å². The molecule has 0 unspecified atom stereocenters. The summed E-state index contributed by atoms with van der Waals surface area (Å²) in [6.07, 6.45) is -2.84. The Labute approximate surface area is 182 Å². The zero-order valence-corrected chi connectivity index (χ0v) is 17.1. The normalized spacial score (nSPS) is 11.0. The van der Waals surface area contributed by atoms with Crippen molar-refractivity contribution in [2.75, 3.05) is 19.0 Å². The number of carbonyl (C=O) groups excluding carboxylic acids is 2. The molecule has 0 fully saturated rings. The number of carbonyl (C=O) groups is 2. The van der Waals surface area contributed by atoms with Gasteiger partial charge in [-0.1, -0.05) is 12.1 Å². The van der Waals surface area contributed by atoms with Gasteiger partial charge in [-0.15, -0.1) is 0 Å². The van der Waals surface area contributed by atoms with Gasteiger partial charge in [0.15, 0.2) is 6.61 Å². The topological polar surface area (TPSA) is 71.5 Å². The second-order valence-electron chi connectivity index (χ2n) is 6.92. The van der Waals surface area contributed by atoms with Crippen molar-refractivity contribution < 1.29 is 27.5 Å². The lowest BCUT2D eigenvalue weighted by Crippen LogP contribution is -2.26. The van der Waals surface area contributed by atoms with Crippen LogP contribution in [-0.4, -0.2) is 35.4 Å². The maximum atomic E-state index is 12.8. The molecule has 0 spiro atoms. The largest absolute Gasteiger partial charge is 0.484 e. The highest BCUT2D eigenvalue weighted by Crippen LogP contribution is 2.30. The minimum Gasteiger partial charge on any atom is -0.484 e. The van der Waals surface area contributed by atoms with Gasteiger partial charge in [-0.05, 0) is 54.6 Å². The number of hydrogen-bond donors (Lipinski definition) is 1. The van der Waals surface area contributed by atoms with Crippen LogP contribution >= 0.6 is 0 Å². The third kappa shape index (κ3) is 6.31. The molecule has 0 radical (unpaired) electrons. The SMILES string of the molecule is CN(Cc1ccccn1)C(=O)c1ccc(OCC(=O)Nc2cccc(C(F)(F)F)c2)cc1. The molecule has 1 aromatic heterocycles. The monoisotopic (exact) mass is 443 g/mol. The second-order valence-corrected chi connectivity index (χ2v) is 6.92. The Bertz CT molecular complexity index is 1070. The zero-order valence-electron chi connectivity index (χ0n) is 17.1. The van der Waals surface area contributed by atoms with Crippen molar-refractivity contribution >= 4 is 17.5 Å². The first-order chi connectivity index (χ1) is 15.2. The van der Waals surface area contributed by atoms with Gasteiger partial charge >= 0.3 is 6.18 Å². The van der Waals surface area contributed by atoms with Crippen LogP contribution in [0.25, 0.3) is 0 Å². The first-order valence-corrected chi connectivity index (χ1v) is 9.58. The Kier molecular flexibility index (Phi) is 7.09. The average molecular weight is 443 g/mol. The summed E-state index contributed by atoms with van der Waals surface area (Å²) in [4.78, 5) is 30.3. The Hall–Kier alpha value is -3.88. The highest BCUT2D eigenvalue weighted by molar-refractivity contribution is 5.94. The highest BCUT2D eigenvalue weighted by atomic mass is 19.4. The van der Waals surface area contributed by atoms with E-state index in [2.05, 4.69) is 10.3 Å². The Morgan fingerprint density at radius 2 is 1.78 bits per heavy atom. The number of aromatic nitrogens is 1. The number of hydrogen-bond acceptors (Lipinski definition) is 4. The summed E-state index contributed by atoms with van der Waals surface area (Å²) in [6.45, 7) is -0.0449. The molecular weight excluding hydrogens is 423 g/mol. The van der Waals surface area contributed by atoms with E-state index < -0.39 is 24.3 Å². The standard InChI is InChI=1S/C23H20F3N3O3/c1-29(14-19-6-2-3-12-27-19)22(31)16-8-10-20(11-9-16)32-15-21(30)28-18-7-4-5-17(13-18)23(24,25)26/h2-13H,14-15H2,1H3,(H,28,30). The van der Waals surface area contributed by atoms with E-state index in [4.69, 9.17) is 4.74 Å². The molecule has 0 aliphatic rings. The van der Waals surface area contributed by atoms with Gasteiger partial charge in [0.25, 0.3) is 11.8 Å². The minimum atomic E-state index is -4.50. The van der Waals surface area contributed by atoms with Crippen molar-refractivity contribution in [1.82, 2.24) is 9.88 Å². The first-order valence-electron chi connectivity index (χ1n) is 9.58. The molecule has 1 N–H and O–H groups in total. The van der Waals surface area contributed by atoms with Crippen LogP contribution in [0.1, 0.15) is 21.6 Å². The number of benzene rings is 2. The molecule has 9 heteroatoms. The summed E-state index contributed by atoms with van der Waals surface area (Å²) in [5, 5.41) is 2.36. The Balaban J connectivity index is 1.52. The summed E-state index contributed by atoms with van der Waals surface area (Å²) in [5.74, 6) is -0.475. The summed E-state index contributed by atoms with van der Waals surface area (Å²) in [7, 11) is 1.67. The van der Waals surface area contributed by atoms with Crippen LogP contribution in [0.4, 0.5) is 18.9 Å². The maximum absolute atomic E-state index is 12.8. The molecule has 1 heterocycles. The second kappa shape index (κ2) is 9.95. The van der Waals surface area contributed by atoms with E-state index >= 15 is 0 Å². The van der Waals surface area contributed by atoms with Gasteiger partial charge in [0.05, 0.1) is 17.8 Å². The van der Waals surface area contributed by atoms with Crippen LogP contribution in [0.15, 0.2) is 72.9 Å². The van der Waals surface area contributed by atoms with E-state index in [0.717, 1.165) is 17.8 Å². The summed E-state index contributed by atoms with van der Waals surface area (Å²) < 4.78 is 43.6.